The summed E-state index contributed by atoms with van der Waals surface area (Å²) in [6, 6.07) is 14.5. The molecule has 2 aromatic rings. The Hall–Kier alpha value is -2.47. The number of ether oxygens (including phenoxy) is 1. The quantitative estimate of drug-likeness (QED) is 0.751. The van der Waals surface area contributed by atoms with Gasteiger partial charge in [0, 0.05) is 28.1 Å². The number of hydrogen-bond donors (Lipinski definition) is 0. The third kappa shape index (κ3) is 3.10. The standard InChI is InChI=1S/C18H15BrN2O3/c1-11(22)15-5-3-4-6-16(15)17-20-21(12(2)23)18(24-17)13-7-9-14(19)10-8-13/h3-10,18H,1-2H3. The molecule has 5 nitrogen and oxygen atoms in total. The minimum Gasteiger partial charge on any atom is -0.446 e. The second-order valence-corrected chi connectivity index (χ2v) is 6.31. The fourth-order valence-electron chi connectivity index (χ4n) is 2.50. The Balaban J connectivity index is 2.00. The zero-order valence-corrected chi connectivity index (χ0v) is 14.8. The SMILES string of the molecule is CC(=O)c1ccccc1C1=NN(C(C)=O)C(c2ccc(Br)cc2)O1. The molecule has 0 saturated heterocycles. The lowest BCUT2D eigenvalue weighted by atomic mass is 10.0. The molecule has 0 saturated carbocycles. The van der Waals surface area contributed by atoms with E-state index in [4.69, 9.17) is 4.74 Å². The van der Waals surface area contributed by atoms with Gasteiger partial charge in [0.2, 0.25) is 18.0 Å². The highest BCUT2D eigenvalue weighted by Gasteiger charge is 2.34. The molecule has 0 fully saturated rings. The number of ketones is 1. The van der Waals surface area contributed by atoms with Crippen LogP contribution in [-0.2, 0) is 9.53 Å². The lowest BCUT2D eigenvalue weighted by molar-refractivity contribution is -0.135. The lowest BCUT2D eigenvalue weighted by Gasteiger charge is -2.19. The van der Waals surface area contributed by atoms with E-state index in [1.54, 1.807) is 24.3 Å². The molecular formula is C18H15BrN2O3. The van der Waals surface area contributed by atoms with Gasteiger partial charge in [-0.15, -0.1) is 5.10 Å². The van der Waals surface area contributed by atoms with E-state index in [0.29, 0.717) is 11.1 Å². The second kappa shape index (κ2) is 6.57. The summed E-state index contributed by atoms with van der Waals surface area (Å²) in [6.45, 7) is 2.92. The molecule has 1 aliphatic heterocycles. The normalized spacial score (nSPS) is 16.5. The van der Waals surface area contributed by atoms with E-state index >= 15 is 0 Å². The molecule has 0 aliphatic carbocycles. The van der Waals surface area contributed by atoms with Gasteiger partial charge in [0.1, 0.15) is 0 Å². The number of Topliss-reactive ketones (excluding diaryl/α,β-unsaturated/α-hetero) is 1. The van der Waals surface area contributed by atoms with Crippen LogP contribution < -0.4 is 0 Å². The molecule has 6 heteroatoms. The van der Waals surface area contributed by atoms with Crippen molar-refractivity contribution in [1.82, 2.24) is 5.01 Å². The van der Waals surface area contributed by atoms with E-state index < -0.39 is 6.23 Å². The number of rotatable bonds is 3. The number of carbonyl (C=O) groups excluding carboxylic acids is 2. The fourth-order valence-corrected chi connectivity index (χ4v) is 2.76. The van der Waals surface area contributed by atoms with Crippen LogP contribution in [0, 0.1) is 0 Å². The summed E-state index contributed by atoms with van der Waals surface area (Å²) in [4.78, 5) is 23.8. The molecule has 0 aromatic heterocycles. The molecule has 0 bridgehead atoms. The molecule has 1 atom stereocenters. The summed E-state index contributed by atoms with van der Waals surface area (Å²) < 4.78 is 6.86. The Labute approximate surface area is 148 Å². The Morgan fingerprint density at radius 2 is 1.75 bits per heavy atom. The number of nitrogens with zero attached hydrogens (tertiary/aromatic N) is 2. The van der Waals surface area contributed by atoms with E-state index in [9.17, 15) is 9.59 Å². The molecule has 3 rings (SSSR count). The number of benzene rings is 2. The van der Waals surface area contributed by atoms with E-state index in [0.717, 1.165) is 10.0 Å². The summed E-state index contributed by atoms with van der Waals surface area (Å²) in [5.41, 5.74) is 1.89. The van der Waals surface area contributed by atoms with Crippen LogP contribution in [0.5, 0.6) is 0 Å². The molecular weight excluding hydrogens is 372 g/mol. The smallest absolute Gasteiger partial charge is 0.243 e. The van der Waals surface area contributed by atoms with Crippen molar-refractivity contribution in [2.45, 2.75) is 20.1 Å². The number of hydrazone groups is 1. The average molecular weight is 387 g/mol. The largest absolute Gasteiger partial charge is 0.446 e. The van der Waals surface area contributed by atoms with Gasteiger partial charge in [-0.05, 0) is 25.1 Å². The van der Waals surface area contributed by atoms with Gasteiger partial charge in [-0.2, -0.15) is 5.01 Å². The fraction of sp³-hybridized carbons (Fsp3) is 0.167. The first-order valence-electron chi connectivity index (χ1n) is 7.38. The van der Waals surface area contributed by atoms with Gasteiger partial charge in [-0.25, -0.2) is 0 Å². The third-order valence-corrected chi connectivity index (χ3v) is 4.19. The zero-order chi connectivity index (χ0) is 17.3. The highest BCUT2D eigenvalue weighted by molar-refractivity contribution is 9.10. The molecule has 122 valence electrons. The monoisotopic (exact) mass is 386 g/mol. The van der Waals surface area contributed by atoms with E-state index in [1.807, 2.05) is 24.3 Å². The highest BCUT2D eigenvalue weighted by Crippen LogP contribution is 2.31. The third-order valence-electron chi connectivity index (χ3n) is 3.66. The van der Waals surface area contributed by atoms with Crippen LogP contribution in [0.25, 0.3) is 0 Å². The lowest BCUT2D eigenvalue weighted by Crippen LogP contribution is -2.25. The minimum absolute atomic E-state index is 0.0848. The first-order valence-corrected chi connectivity index (χ1v) is 8.17. The van der Waals surface area contributed by atoms with Crippen LogP contribution in [0.15, 0.2) is 58.1 Å². The molecule has 0 N–H and O–H groups in total. The van der Waals surface area contributed by atoms with Crippen molar-refractivity contribution in [3.05, 3.63) is 69.7 Å². The van der Waals surface area contributed by atoms with Crippen molar-refractivity contribution in [3.63, 3.8) is 0 Å². The molecule has 1 heterocycles. The van der Waals surface area contributed by atoms with Gasteiger partial charge in [-0.1, -0.05) is 46.3 Å². The summed E-state index contributed by atoms with van der Waals surface area (Å²) in [5, 5.41) is 5.58. The van der Waals surface area contributed by atoms with E-state index in [2.05, 4.69) is 21.0 Å². The minimum atomic E-state index is -0.648. The van der Waals surface area contributed by atoms with Crippen molar-refractivity contribution < 1.29 is 14.3 Å². The van der Waals surface area contributed by atoms with Crippen LogP contribution in [0.3, 0.4) is 0 Å². The Morgan fingerprint density at radius 3 is 2.38 bits per heavy atom. The van der Waals surface area contributed by atoms with E-state index in [-0.39, 0.29) is 17.6 Å². The number of carbonyl (C=O) groups is 2. The molecule has 24 heavy (non-hydrogen) atoms. The summed E-state index contributed by atoms with van der Waals surface area (Å²) >= 11 is 3.38. The molecule has 0 radical (unpaired) electrons. The maximum Gasteiger partial charge on any atom is 0.243 e. The van der Waals surface area contributed by atoms with Crippen LogP contribution in [0.4, 0.5) is 0 Å². The first kappa shape index (κ1) is 16.4. The van der Waals surface area contributed by atoms with Crippen molar-refractivity contribution in [1.29, 1.82) is 0 Å². The van der Waals surface area contributed by atoms with Gasteiger partial charge in [0.15, 0.2) is 5.78 Å². The zero-order valence-electron chi connectivity index (χ0n) is 13.2. The van der Waals surface area contributed by atoms with Gasteiger partial charge < -0.3 is 4.74 Å². The van der Waals surface area contributed by atoms with Crippen molar-refractivity contribution >= 4 is 33.5 Å². The number of amides is 1. The molecule has 2 aromatic carbocycles. The van der Waals surface area contributed by atoms with Crippen LogP contribution >= 0.6 is 15.9 Å². The van der Waals surface area contributed by atoms with Crippen LogP contribution in [-0.4, -0.2) is 22.6 Å². The Morgan fingerprint density at radius 1 is 1.08 bits per heavy atom. The molecule has 1 aliphatic rings. The number of halogens is 1. The van der Waals surface area contributed by atoms with Crippen molar-refractivity contribution in [2.75, 3.05) is 0 Å². The van der Waals surface area contributed by atoms with Crippen LogP contribution in [0.2, 0.25) is 0 Å². The summed E-state index contributed by atoms with van der Waals surface area (Å²) in [7, 11) is 0. The van der Waals surface area contributed by atoms with Crippen molar-refractivity contribution in [2.24, 2.45) is 5.10 Å². The van der Waals surface area contributed by atoms with Crippen LogP contribution in [0.1, 0.15) is 41.6 Å². The summed E-state index contributed by atoms with van der Waals surface area (Å²) in [6.07, 6.45) is -0.648. The number of hydrogen-bond acceptors (Lipinski definition) is 4. The molecule has 0 spiro atoms. The molecule has 1 unspecified atom stereocenters. The predicted octanol–water partition coefficient (Wildman–Crippen LogP) is 3.89. The van der Waals surface area contributed by atoms with Gasteiger partial charge in [0.25, 0.3) is 0 Å². The van der Waals surface area contributed by atoms with E-state index in [1.165, 1.54) is 18.9 Å². The Bertz CT molecular complexity index is 830. The summed E-state index contributed by atoms with van der Waals surface area (Å²) in [5.74, 6) is -0.0551. The maximum atomic E-state index is 12.0. The van der Waals surface area contributed by atoms with Gasteiger partial charge in [-0.3, -0.25) is 9.59 Å². The van der Waals surface area contributed by atoms with Gasteiger partial charge >= 0.3 is 0 Å². The predicted molar refractivity (Wildman–Crippen MR) is 93.5 cm³/mol. The maximum absolute atomic E-state index is 12.0. The van der Waals surface area contributed by atoms with Gasteiger partial charge in [0.05, 0.1) is 0 Å². The average Bonchev–Trinajstić information content (AvgIpc) is 3.01. The highest BCUT2D eigenvalue weighted by atomic mass is 79.9. The van der Waals surface area contributed by atoms with Crippen molar-refractivity contribution in [3.8, 4) is 0 Å². The molecule has 1 amide bonds. The second-order valence-electron chi connectivity index (χ2n) is 5.39. The first-order chi connectivity index (χ1) is 11.5. The Kier molecular flexibility index (Phi) is 4.49. The topological polar surface area (TPSA) is 59.0 Å².